The maximum absolute atomic E-state index is 11.8. The van der Waals surface area contributed by atoms with Crippen molar-refractivity contribution < 1.29 is 19.1 Å². The Hall–Kier alpha value is -2.21. The molecule has 0 unspecified atom stereocenters. The summed E-state index contributed by atoms with van der Waals surface area (Å²) in [5.74, 6) is 0.482. The van der Waals surface area contributed by atoms with Crippen molar-refractivity contribution in [1.82, 2.24) is 10.6 Å². The van der Waals surface area contributed by atoms with Crippen LogP contribution in [-0.4, -0.2) is 37.6 Å². The van der Waals surface area contributed by atoms with E-state index in [9.17, 15) is 9.59 Å². The predicted molar refractivity (Wildman–Crippen MR) is 87.8 cm³/mol. The number of likely N-dealkylation sites (N-methyl/N-ethyl adjacent to an activating group) is 1. The molecule has 0 saturated carbocycles. The fraction of sp³-hybridized carbons (Fsp3) is 0.375. The van der Waals surface area contributed by atoms with Gasteiger partial charge in [-0.25, -0.2) is 0 Å². The maximum atomic E-state index is 11.8. The summed E-state index contributed by atoms with van der Waals surface area (Å²) in [6, 6.07) is 2.83. The number of fused-ring (bicyclic) bond motifs is 1. The number of halogens is 1. The third-order valence-corrected chi connectivity index (χ3v) is 3.43. The van der Waals surface area contributed by atoms with Crippen molar-refractivity contribution >= 4 is 29.5 Å². The molecule has 7 heteroatoms. The minimum absolute atomic E-state index is 0.225. The molecule has 23 heavy (non-hydrogen) atoms. The molecule has 0 aliphatic carbocycles. The molecule has 0 radical (unpaired) electrons. The van der Waals surface area contributed by atoms with E-state index in [4.69, 9.17) is 21.1 Å². The van der Waals surface area contributed by atoms with Crippen LogP contribution in [0.5, 0.6) is 11.5 Å². The molecular weight excluding hydrogens is 320 g/mol. The second-order valence-corrected chi connectivity index (χ2v) is 5.39. The van der Waals surface area contributed by atoms with Gasteiger partial charge in [0, 0.05) is 12.6 Å². The van der Waals surface area contributed by atoms with Crippen molar-refractivity contribution in [3.8, 4) is 11.5 Å². The molecule has 2 amide bonds. The van der Waals surface area contributed by atoms with Crippen LogP contribution in [0.2, 0.25) is 5.02 Å². The first-order valence-electron chi connectivity index (χ1n) is 7.36. The Morgan fingerprint density at radius 2 is 2.09 bits per heavy atom. The third kappa shape index (κ3) is 4.63. The molecule has 1 aromatic carbocycles. The van der Waals surface area contributed by atoms with Gasteiger partial charge in [-0.15, -0.1) is 0 Å². The largest absolute Gasteiger partial charge is 0.486 e. The van der Waals surface area contributed by atoms with E-state index in [1.807, 2.05) is 6.92 Å². The lowest BCUT2D eigenvalue weighted by atomic mass is 10.1. The quantitative estimate of drug-likeness (QED) is 0.802. The smallest absolute Gasteiger partial charge is 0.244 e. The molecule has 1 heterocycles. The molecule has 2 N–H and O–H groups in total. The molecule has 1 aromatic rings. The summed E-state index contributed by atoms with van der Waals surface area (Å²) in [6.45, 7) is 4.88. The zero-order valence-electron chi connectivity index (χ0n) is 13.0. The van der Waals surface area contributed by atoms with Gasteiger partial charge in [-0.05, 0) is 37.6 Å². The first kappa shape index (κ1) is 17.1. The molecule has 1 atom stereocenters. The van der Waals surface area contributed by atoms with Gasteiger partial charge in [-0.1, -0.05) is 11.6 Å². The summed E-state index contributed by atoms with van der Waals surface area (Å²) < 4.78 is 10.9. The fourth-order valence-corrected chi connectivity index (χ4v) is 2.33. The Morgan fingerprint density at radius 3 is 2.83 bits per heavy atom. The van der Waals surface area contributed by atoms with Gasteiger partial charge in [0.1, 0.15) is 19.3 Å². The van der Waals surface area contributed by atoms with E-state index in [-0.39, 0.29) is 11.8 Å². The standard InChI is InChI=1S/C16H19ClN2O4/c1-3-18-16(21)10(2)19-14(20)5-4-11-8-12(17)15-13(9-11)22-6-7-23-15/h4-5,8-10H,3,6-7H2,1-2H3,(H,18,21)(H,19,20)/b5-4+/t10-/m1/s1. The number of carbonyl (C=O) groups excluding carboxylic acids is 2. The summed E-state index contributed by atoms with van der Waals surface area (Å²) in [5, 5.41) is 5.65. The van der Waals surface area contributed by atoms with E-state index in [1.54, 1.807) is 25.1 Å². The molecule has 0 saturated heterocycles. The minimum Gasteiger partial charge on any atom is -0.486 e. The van der Waals surface area contributed by atoms with Crippen molar-refractivity contribution in [3.05, 3.63) is 28.8 Å². The van der Waals surface area contributed by atoms with E-state index in [2.05, 4.69) is 10.6 Å². The van der Waals surface area contributed by atoms with E-state index >= 15 is 0 Å². The van der Waals surface area contributed by atoms with Crippen LogP contribution >= 0.6 is 11.6 Å². The normalized spacial score (nSPS) is 14.4. The first-order chi connectivity index (χ1) is 11.0. The van der Waals surface area contributed by atoms with Gasteiger partial charge >= 0.3 is 0 Å². The lowest BCUT2D eigenvalue weighted by Crippen LogP contribution is -2.44. The van der Waals surface area contributed by atoms with E-state index in [0.29, 0.717) is 41.8 Å². The van der Waals surface area contributed by atoms with Gasteiger partial charge in [0.05, 0.1) is 5.02 Å². The maximum Gasteiger partial charge on any atom is 0.244 e. The van der Waals surface area contributed by atoms with Crippen LogP contribution in [0.1, 0.15) is 19.4 Å². The van der Waals surface area contributed by atoms with Gasteiger partial charge in [0.2, 0.25) is 11.8 Å². The number of hydrogen-bond donors (Lipinski definition) is 2. The topological polar surface area (TPSA) is 76.7 Å². The highest BCUT2D eigenvalue weighted by Crippen LogP contribution is 2.38. The van der Waals surface area contributed by atoms with E-state index < -0.39 is 6.04 Å². The zero-order valence-corrected chi connectivity index (χ0v) is 13.8. The summed E-state index contributed by atoms with van der Waals surface area (Å²) in [6.07, 6.45) is 2.95. The van der Waals surface area contributed by atoms with E-state index in [0.717, 1.165) is 0 Å². The second-order valence-electron chi connectivity index (χ2n) is 4.99. The average Bonchev–Trinajstić information content (AvgIpc) is 2.53. The van der Waals surface area contributed by atoms with Crippen molar-refractivity contribution in [2.24, 2.45) is 0 Å². The van der Waals surface area contributed by atoms with E-state index in [1.165, 1.54) is 6.08 Å². The van der Waals surface area contributed by atoms with Gasteiger partial charge in [0.15, 0.2) is 11.5 Å². The van der Waals surface area contributed by atoms with Crippen LogP contribution in [0.3, 0.4) is 0 Å². The summed E-state index contributed by atoms with van der Waals surface area (Å²) in [5.41, 5.74) is 0.708. The average molecular weight is 339 g/mol. The molecular formula is C16H19ClN2O4. The van der Waals surface area contributed by atoms with Crippen LogP contribution in [0.15, 0.2) is 18.2 Å². The number of amides is 2. The molecule has 0 fully saturated rings. The van der Waals surface area contributed by atoms with Gasteiger partial charge in [0.25, 0.3) is 0 Å². The van der Waals surface area contributed by atoms with Crippen LogP contribution in [0, 0.1) is 0 Å². The highest BCUT2D eigenvalue weighted by molar-refractivity contribution is 6.32. The number of nitrogens with one attached hydrogen (secondary N) is 2. The lowest BCUT2D eigenvalue weighted by Gasteiger charge is -2.19. The summed E-state index contributed by atoms with van der Waals surface area (Å²) in [7, 11) is 0. The Kier molecular flexibility index (Phi) is 5.87. The fourth-order valence-electron chi connectivity index (χ4n) is 2.05. The van der Waals surface area contributed by atoms with Crippen molar-refractivity contribution in [1.29, 1.82) is 0 Å². The summed E-state index contributed by atoms with van der Waals surface area (Å²) in [4.78, 5) is 23.4. The number of benzene rings is 1. The molecule has 124 valence electrons. The minimum atomic E-state index is -0.601. The van der Waals surface area contributed by atoms with Gasteiger partial charge < -0.3 is 20.1 Å². The first-order valence-corrected chi connectivity index (χ1v) is 7.74. The Bertz CT molecular complexity index is 631. The molecule has 0 bridgehead atoms. The monoisotopic (exact) mass is 338 g/mol. The molecule has 0 spiro atoms. The van der Waals surface area contributed by atoms with Crippen LogP contribution < -0.4 is 20.1 Å². The molecule has 6 nitrogen and oxygen atoms in total. The van der Waals surface area contributed by atoms with Gasteiger partial charge in [-0.2, -0.15) is 0 Å². The van der Waals surface area contributed by atoms with Crippen molar-refractivity contribution in [2.45, 2.75) is 19.9 Å². The number of rotatable bonds is 5. The third-order valence-electron chi connectivity index (χ3n) is 3.15. The number of carbonyl (C=O) groups is 2. The SMILES string of the molecule is CCNC(=O)[C@@H](C)NC(=O)/C=C/c1cc(Cl)c2c(c1)OCCO2. The zero-order chi connectivity index (χ0) is 16.8. The Labute approximate surface area is 139 Å². The molecule has 0 aromatic heterocycles. The van der Waals surface area contributed by atoms with Crippen molar-refractivity contribution in [3.63, 3.8) is 0 Å². The highest BCUT2D eigenvalue weighted by atomic mass is 35.5. The Morgan fingerprint density at radius 1 is 1.35 bits per heavy atom. The predicted octanol–water partition coefficient (Wildman–Crippen LogP) is 1.77. The van der Waals surface area contributed by atoms with Crippen LogP contribution in [-0.2, 0) is 9.59 Å². The van der Waals surface area contributed by atoms with Crippen LogP contribution in [0.25, 0.3) is 6.08 Å². The molecule has 2 rings (SSSR count). The summed E-state index contributed by atoms with van der Waals surface area (Å²) >= 11 is 6.13. The van der Waals surface area contributed by atoms with Crippen LogP contribution in [0.4, 0.5) is 0 Å². The molecule has 1 aliphatic rings. The number of hydrogen-bond acceptors (Lipinski definition) is 4. The van der Waals surface area contributed by atoms with Crippen molar-refractivity contribution in [2.75, 3.05) is 19.8 Å². The van der Waals surface area contributed by atoms with Gasteiger partial charge in [-0.3, -0.25) is 9.59 Å². The highest BCUT2D eigenvalue weighted by Gasteiger charge is 2.16. The second kappa shape index (κ2) is 7.87. The lowest BCUT2D eigenvalue weighted by molar-refractivity contribution is -0.126. The Balaban J connectivity index is 2.01. The molecule has 1 aliphatic heterocycles. The number of ether oxygens (including phenoxy) is 2.